The number of para-hydroxylation sites is 1. The van der Waals surface area contributed by atoms with Crippen LogP contribution in [0.25, 0.3) is 0 Å². The highest BCUT2D eigenvalue weighted by Crippen LogP contribution is 2.53. The first-order valence-corrected chi connectivity index (χ1v) is 13.6. The predicted molar refractivity (Wildman–Crippen MR) is 145 cm³/mol. The molecule has 4 heterocycles. The lowest BCUT2D eigenvalue weighted by molar-refractivity contribution is -0.141. The van der Waals surface area contributed by atoms with Gasteiger partial charge in [-0.2, -0.15) is 0 Å². The number of ether oxygens (including phenoxy) is 1. The van der Waals surface area contributed by atoms with Crippen molar-refractivity contribution in [1.82, 2.24) is 9.80 Å². The third kappa shape index (κ3) is 3.48. The summed E-state index contributed by atoms with van der Waals surface area (Å²) >= 11 is 0. The molecule has 0 radical (unpaired) electrons. The first-order chi connectivity index (χ1) is 18.4. The molecule has 4 aliphatic rings. The molecule has 38 heavy (non-hydrogen) atoms. The van der Waals surface area contributed by atoms with Crippen molar-refractivity contribution in [3.05, 3.63) is 113 Å². The number of benzene rings is 3. The monoisotopic (exact) mass is 504 g/mol. The second kappa shape index (κ2) is 8.67. The molecule has 2 amide bonds. The highest BCUT2D eigenvalue weighted by atomic mass is 16.5. The van der Waals surface area contributed by atoms with Crippen molar-refractivity contribution in [3.63, 3.8) is 0 Å². The van der Waals surface area contributed by atoms with Gasteiger partial charge < -0.3 is 4.74 Å². The van der Waals surface area contributed by atoms with Gasteiger partial charge in [-0.25, -0.2) is 0 Å². The van der Waals surface area contributed by atoms with Crippen LogP contribution in [-0.4, -0.2) is 40.8 Å². The van der Waals surface area contributed by atoms with Gasteiger partial charge in [0.25, 0.3) is 0 Å². The normalized spacial score (nSPS) is 29.4. The van der Waals surface area contributed by atoms with E-state index in [1.54, 1.807) is 0 Å². The minimum absolute atomic E-state index is 0.0162. The van der Waals surface area contributed by atoms with Crippen LogP contribution in [0.1, 0.15) is 41.6 Å². The number of nitrogens with zero attached hydrogens (tertiary/aromatic N) is 2. The number of hydrogen-bond acceptors (Lipinski definition) is 4. The van der Waals surface area contributed by atoms with E-state index >= 15 is 0 Å². The van der Waals surface area contributed by atoms with Crippen molar-refractivity contribution >= 4 is 11.8 Å². The number of likely N-dealkylation sites (tertiary alicyclic amines) is 1. The summed E-state index contributed by atoms with van der Waals surface area (Å²) in [6, 6.07) is 26.8. The lowest BCUT2D eigenvalue weighted by Crippen LogP contribution is -2.45. The van der Waals surface area contributed by atoms with Crippen LogP contribution >= 0.6 is 0 Å². The van der Waals surface area contributed by atoms with E-state index in [2.05, 4.69) is 60.9 Å². The lowest BCUT2D eigenvalue weighted by Gasteiger charge is -2.38. The second-order valence-corrected chi connectivity index (χ2v) is 11.7. The fourth-order valence-corrected chi connectivity index (χ4v) is 7.51. The molecule has 0 aromatic heterocycles. The van der Waals surface area contributed by atoms with Crippen molar-refractivity contribution in [2.24, 2.45) is 11.8 Å². The number of fused-ring (bicyclic) bond motifs is 5. The van der Waals surface area contributed by atoms with Crippen molar-refractivity contribution < 1.29 is 14.3 Å². The van der Waals surface area contributed by atoms with Gasteiger partial charge >= 0.3 is 0 Å². The second-order valence-electron chi connectivity index (χ2n) is 11.7. The number of carbonyl (C=O) groups excluding carboxylic acids is 2. The average Bonchev–Trinajstić information content (AvgIpc) is 3.52. The Hall–Kier alpha value is -3.70. The molecular formula is C33H32N2O3. The predicted octanol–water partition coefficient (Wildman–Crippen LogP) is 5.07. The number of rotatable bonds is 5. The van der Waals surface area contributed by atoms with Gasteiger partial charge in [0.15, 0.2) is 0 Å². The molecule has 0 bridgehead atoms. The fourth-order valence-electron chi connectivity index (χ4n) is 7.51. The van der Waals surface area contributed by atoms with Crippen molar-refractivity contribution in [2.75, 3.05) is 13.2 Å². The van der Waals surface area contributed by atoms with E-state index in [4.69, 9.17) is 4.74 Å². The van der Waals surface area contributed by atoms with Crippen LogP contribution in [0.5, 0.6) is 5.75 Å². The van der Waals surface area contributed by atoms with E-state index < -0.39 is 0 Å². The number of amides is 2. The fraction of sp³-hybridized carbons (Fsp3) is 0.333. The Morgan fingerprint density at radius 1 is 0.921 bits per heavy atom. The Balaban J connectivity index is 1.18. The quantitative estimate of drug-likeness (QED) is 0.360. The summed E-state index contributed by atoms with van der Waals surface area (Å²) in [6.07, 6.45) is 1.46. The molecule has 0 spiro atoms. The van der Waals surface area contributed by atoms with E-state index in [0.717, 1.165) is 35.4 Å². The van der Waals surface area contributed by atoms with E-state index in [1.807, 2.05) is 36.4 Å². The summed E-state index contributed by atoms with van der Waals surface area (Å²) < 4.78 is 5.94. The maximum absolute atomic E-state index is 14.1. The Kier molecular flexibility index (Phi) is 5.34. The zero-order valence-corrected chi connectivity index (χ0v) is 21.7. The lowest BCUT2D eigenvalue weighted by atomic mass is 9.79. The molecule has 3 aromatic rings. The molecule has 0 N–H and O–H groups in total. The average molecular weight is 505 g/mol. The Morgan fingerprint density at radius 3 is 2.42 bits per heavy atom. The molecular weight excluding hydrogens is 472 g/mol. The largest absolute Gasteiger partial charge is 0.492 e. The summed E-state index contributed by atoms with van der Waals surface area (Å²) in [4.78, 5) is 32.0. The van der Waals surface area contributed by atoms with Gasteiger partial charge in [-0.3, -0.25) is 19.4 Å². The van der Waals surface area contributed by atoms with Crippen LogP contribution in [0.3, 0.4) is 0 Å². The molecule has 5 heteroatoms. The first kappa shape index (κ1) is 23.4. The Morgan fingerprint density at radius 2 is 1.61 bits per heavy atom. The van der Waals surface area contributed by atoms with Gasteiger partial charge in [0, 0.05) is 36.2 Å². The summed E-state index contributed by atoms with van der Waals surface area (Å²) in [5.74, 6) is 0.112. The standard InChI is InChI=1S/C33H32N2O3/c1-21(17-33(2)20-38-27-15-9-8-14-25(27)33)18-35-31(36)28-26-16-23-12-6-7-13-24(23)19-34(26)30(29(28)32(35)37)22-10-4-3-5-11-22/h3-15,26,28-30H,1,16-20H2,2H3/t26-,28+,29+,30-,33-/m1/s1. The van der Waals surface area contributed by atoms with Gasteiger partial charge in [0.1, 0.15) is 5.75 Å². The SMILES string of the molecule is C=C(CN1C(=O)[C@@H]2[C@H](C1=O)[C@@H](c1ccccc1)N1Cc3ccccc3C[C@H]21)C[C@]1(C)COc2ccccc21. The van der Waals surface area contributed by atoms with E-state index in [9.17, 15) is 9.59 Å². The Bertz CT molecular complexity index is 1450. The summed E-state index contributed by atoms with van der Waals surface area (Å²) in [6.45, 7) is 8.12. The maximum Gasteiger partial charge on any atom is 0.235 e. The van der Waals surface area contributed by atoms with Crippen molar-refractivity contribution in [1.29, 1.82) is 0 Å². The zero-order valence-electron chi connectivity index (χ0n) is 21.7. The number of carbonyl (C=O) groups is 2. The molecule has 3 aromatic carbocycles. The van der Waals surface area contributed by atoms with Crippen LogP contribution in [0, 0.1) is 11.8 Å². The molecule has 4 aliphatic heterocycles. The van der Waals surface area contributed by atoms with Crippen LogP contribution < -0.4 is 4.74 Å². The molecule has 0 aliphatic carbocycles. The number of imide groups is 1. The first-order valence-electron chi connectivity index (χ1n) is 13.6. The van der Waals surface area contributed by atoms with Crippen LogP contribution in [-0.2, 0) is 28.0 Å². The van der Waals surface area contributed by atoms with E-state index in [0.29, 0.717) is 13.0 Å². The van der Waals surface area contributed by atoms with Gasteiger partial charge in [-0.15, -0.1) is 0 Å². The van der Waals surface area contributed by atoms with Crippen molar-refractivity contribution in [3.8, 4) is 5.75 Å². The molecule has 5 nitrogen and oxygen atoms in total. The Labute approximate surface area is 223 Å². The molecule has 0 unspecified atom stereocenters. The topological polar surface area (TPSA) is 49.9 Å². The molecule has 2 saturated heterocycles. The van der Waals surface area contributed by atoms with E-state index in [-0.39, 0.29) is 47.7 Å². The highest BCUT2D eigenvalue weighted by Gasteiger charge is 2.62. The molecule has 5 atom stereocenters. The smallest absolute Gasteiger partial charge is 0.235 e. The minimum atomic E-state index is -0.372. The number of hydrogen-bond donors (Lipinski definition) is 0. The van der Waals surface area contributed by atoms with E-state index in [1.165, 1.54) is 16.0 Å². The molecule has 192 valence electrons. The van der Waals surface area contributed by atoms with Crippen LogP contribution in [0.15, 0.2) is 91.0 Å². The summed E-state index contributed by atoms with van der Waals surface area (Å²) in [5.41, 5.74) is 5.53. The summed E-state index contributed by atoms with van der Waals surface area (Å²) in [5, 5.41) is 0. The molecule has 0 saturated carbocycles. The minimum Gasteiger partial charge on any atom is -0.492 e. The molecule has 2 fully saturated rings. The van der Waals surface area contributed by atoms with Crippen LogP contribution in [0.4, 0.5) is 0 Å². The van der Waals surface area contributed by atoms with Gasteiger partial charge in [-0.05, 0) is 35.6 Å². The molecule has 7 rings (SSSR count). The maximum atomic E-state index is 14.1. The van der Waals surface area contributed by atoms with Gasteiger partial charge in [0.2, 0.25) is 11.8 Å². The third-order valence-electron chi connectivity index (χ3n) is 9.17. The van der Waals surface area contributed by atoms with Gasteiger partial charge in [-0.1, -0.05) is 91.9 Å². The van der Waals surface area contributed by atoms with Gasteiger partial charge in [0.05, 0.1) is 18.4 Å². The zero-order chi connectivity index (χ0) is 26.0. The third-order valence-corrected chi connectivity index (χ3v) is 9.17. The summed E-state index contributed by atoms with van der Waals surface area (Å²) in [7, 11) is 0. The van der Waals surface area contributed by atoms with Crippen molar-refractivity contribution in [2.45, 2.75) is 43.8 Å². The van der Waals surface area contributed by atoms with Crippen LogP contribution in [0.2, 0.25) is 0 Å². The highest BCUT2D eigenvalue weighted by molar-refractivity contribution is 6.06.